The summed E-state index contributed by atoms with van der Waals surface area (Å²) in [5.41, 5.74) is 1.26. The Hall–Kier alpha value is -1.09. The number of aromatic nitrogens is 1. The number of piperidine rings is 1. The minimum Gasteiger partial charge on any atom is -0.353 e. The zero-order valence-electron chi connectivity index (χ0n) is 9.82. The third kappa shape index (κ3) is 1.69. The second-order valence-corrected chi connectivity index (χ2v) is 5.04. The standard InChI is InChI=1S/C13H19N3/c1-14-7-11-3-5-13(15-8-11)16-9-10-2-4-12(16)6-10/h3,5,8,10,12,14H,2,4,6-7,9H2,1H3. The largest absolute Gasteiger partial charge is 0.353 e. The molecule has 0 amide bonds. The molecule has 1 aliphatic heterocycles. The maximum absolute atomic E-state index is 4.58. The van der Waals surface area contributed by atoms with E-state index < -0.39 is 0 Å². The summed E-state index contributed by atoms with van der Waals surface area (Å²) in [6, 6.07) is 5.13. The van der Waals surface area contributed by atoms with Gasteiger partial charge in [-0.15, -0.1) is 0 Å². The molecule has 1 saturated heterocycles. The molecule has 1 saturated carbocycles. The van der Waals surface area contributed by atoms with E-state index in [0.29, 0.717) is 0 Å². The third-order valence-corrected chi connectivity index (χ3v) is 3.89. The summed E-state index contributed by atoms with van der Waals surface area (Å²) in [7, 11) is 1.97. The molecule has 0 aromatic carbocycles. The number of rotatable bonds is 3. The van der Waals surface area contributed by atoms with E-state index in [2.05, 4.69) is 27.3 Å². The van der Waals surface area contributed by atoms with Gasteiger partial charge in [-0.25, -0.2) is 4.98 Å². The van der Waals surface area contributed by atoms with Crippen molar-refractivity contribution >= 4 is 5.82 Å². The molecule has 1 aromatic rings. The van der Waals surface area contributed by atoms with Gasteiger partial charge in [-0.05, 0) is 43.9 Å². The van der Waals surface area contributed by atoms with Crippen molar-refractivity contribution in [1.29, 1.82) is 0 Å². The van der Waals surface area contributed by atoms with Gasteiger partial charge in [-0.1, -0.05) is 6.07 Å². The van der Waals surface area contributed by atoms with Gasteiger partial charge < -0.3 is 10.2 Å². The van der Waals surface area contributed by atoms with Crippen LogP contribution in [0.15, 0.2) is 18.3 Å². The van der Waals surface area contributed by atoms with Crippen LogP contribution in [0.3, 0.4) is 0 Å². The van der Waals surface area contributed by atoms with Crippen molar-refractivity contribution < 1.29 is 0 Å². The normalized spacial score (nSPS) is 27.7. The first-order valence-corrected chi connectivity index (χ1v) is 6.23. The van der Waals surface area contributed by atoms with Gasteiger partial charge in [0.15, 0.2) is 0 Å². The number of hydrogen-bond acceptors (Lipinski definition) is 3. The molecule has 16 heavy (non-hydrogen) atoms. The summed E-state index contributed by atoms with van der Waals surface area (Å²) in [5, 5.41) is 3.15. The number of nitrogens with zero attached hydrogens (tertiary/aromatic N) is 2. The maximum atomic E-state index is 4.58. The van der Waals surface area contributed by atoms with Crippen molar-refractivity contribution in [3.8, 4) is 0 Å². The lowest BCUT2D eigenvalue weighted by Crippen LogP contribution is -2.32. The van der Waals surface area contributed by atoms with Gasteiger partial charge in [0.05, 0.1) is 0 Å². The first kappa shape index (κ1) is 10.1. The Morgan fingerprint density at radius 1 is 1.44 bits per heavy atom. The molecule has 2 fully saturated rings. The summed E-state index contributed by atoms with van der Waals surface area (Å²) in [5.74, 6) is 2.11. The Morgan fingerprint density at radius 2 is 2.38 bits per heavy atom. The Kier molecular flexibility index (Phi) is 2.56. The van der Waals surface area contributed by atoms with E-state index in [-0.39, 0.29) is 0 Å². The first-order valence-electron chi connectivity index (χ1n) is 6.23. The van der Waals surface area contributed by atoms with E-state index in [1.54, 1.807) is 0 Å². The molecule has 1 aromatic heterocycles. The number of hydrogen-bond donors (Lipinski definition) is 1. The SMILES string of the molecule is CNCc1ccc(N2CC3CCC2C3)nc1. The van der Waals surface area contributed by atoms with Gasteiger partial charge in [-0.3, -0.25) is 0 Å². The molecule has 2 unspecified atom stereocenters. The number of anilines is 1. The Morgan fingerprint density at radius 3 is 2.94 bits per heavy atom. The van der Waals surface area contributed by atoms with Crippen molar-refractivity contribution in [3.05, 3.63) is 23.9 Å². The van der Waals surface area contributed by atoms with Crippen molar-refractivity contribution in [3.63, 3.8) is 0 Å². The topological polar surface area (TPSA) is 28.2 Å². The molecule has 2 bridgehead atoms. The van der Waals surface area contributed by atoms with E-state index in [4.69, 9.17) is 0 Å². The van der Waals surface area contributed by atoms with E-state index in [9.17, 15) is 0 Å². The van der Waals surface area contributed by atoms with Gasteiger partial charge in [0, 0.05) is 25.3 Å². The minimum absolute atomic E-state index is 0.771. The number of fused-ring (bicyclic) bond motifs is 2. The number of nitrogens with one attached hydrogen (secondary N) is 1. The summed E-state index contributed by atoms with van der Waals surface area (Å²) in [6.07, 6.45) is 6.18. The smallest absolute Gasteiger partial charge is 0.128 e. The molecule has 86 valence electrons. The molecule has 2 atom stereocenters. The van der Waals surface area contributed by atoms with Crippen LogP contribution in [0.4, 0.5) is 5.82 Å². The Bertz CT molecular complexity index is 360. The fraction of sp³-hybridized carbons (Fsp3) is 0.615. The van der Waals surface area contributed by atoms with Crippen LogP contribution in [0.1, 0.15) is 24.8 Å². The summed E-state index contributed by atoms with van der Waals surface area (Å²) in [6.45, 7) is 2.13. The van der Waals surface area contributed by atoms with Gasteiger partial charge in [0.1, 0.15) is 5.82 Å². The first-order chi connectivity index (χ1) is 7.86. The number of pyridine rings is 1. The lowest BCUT2D eigenvalue weighted by Gasteiger charge is -2.28. The molecule has 2 heterocycles. The van der Waals surface area contributed by atoms with Crippen molar-refractivity contribution in [2.45, 2.75) is 31.8 Å². The summed E-state index contributed by atoms with van der Waals surface area (Å²) >= 11 is 0. The fourth-order valence-electron chi connectivity index (χ4n) is 3.10. The highest BCUT2D eigenvalue weighted by atomic mass is 15.2. The molecular weight excluding hydrogens is 198 g/mol. The second-order valence-electron chi connectivity index (χ2n) is 5.04. The van der Waals surface area contributed by atoms with Crippen molar-refractivity contribution in [2.24, 2.45) is 5.92 Å². The van der Waals surface area contributed by atoms with Crippen LogP contribution in [0.25, 0.3) is 0 Å². The van der Waals surface area contributed by atoms with E-state index in [1.807, 2.05) is 13.2 Å². The highest BCUT2D eigenvalue weighted by Crippen LogP contribution is 2.39. The minimum atomic E-state index is 0.771. The molecule has 3 rings (SSSR count). The Balaban J connectivity index is 1.75. The lowest BCUT2D eigenvalue weighted by atomic mass is 10.1. The predicted molar refractivity (Wildman–Crippen MR) is 65.5 cm³/mol. The van der Waals surface area contributed by atoms with Crippen LogP contribution < -0.4 is 10.2 Å². The zero-order valence-corrected chi connectivity index (χ0v) is 9.82. The second kappa shape index (κ2) is 4.06. The molecule has 2 aliphatic rings. The Labute approximate surface area is 96.9 Å². The molecule has 0 spiro atoms. The van der Waals surface area contributed by atoms with E-state index in [0.717, 1.165) is 18.5 Å². The van der Waals surface area contributed by atoms with Crippen LogP contribution in [0.2, 0.25) is 0 Å². The van der Waals surface area contributed by atoms with Crippen molar-refractivity contribution in [1.82, 2.24) is 10.3 Å². The van der Waals surface area contributed by atoms with Gasteiger partial charge >= 0.3 is 0 Å². The molecule has 1 aliphatic carbocycles. The highest BCUT2D eigenvalue weighted by molar-refractivity contribution is 5.43. The predicted octanol–water partition coefficient (Wildman–Crippen LogP) is 1.79. The molecule has 3 heteroatoms. The van der Waals surface area contributed by atoms with Crippen LogP contribution in [0, 0.1) is 5.92 Å². The average Bonchev–Trinajstić information content (AvgIpc) is 2.92. The summed E-state index contributed by atoms with van der Waals surface area (Å²) in [4.78, 5) is 7.08. The van der Waals surface area contributed by atoms with Crippen LogP contribution in [-0.4, -0.2) is 24.6 Å². The third-order valence-electron chi connectivity index (χ3n) is 3.89. The van der Waals surface area contributed by atoms with Crippen LogP contribution in [0.5, 0.6) is 0 Å². The highest BCUT2D eigenvalue weighted by Gasteiger charge is 2.38. The van der Waals surface area contributed by atoms with Crippen LogP contribution >= 0.6 is 0 Å². The van der Waals surface area contributed by atoms with Gasteiger partial charge in [0.2, 0.25) is 0 Å². The maximum Gasteiger partial charge on any atom is 0.128 e. The van der Waals surface area contributed by atoms with E-state index in [1.165, 1.54) is 37.2 Å². The van der Waals surface area contributed by atoms with E-state index >= 15 is 0 Å². The molecule has 3 nitrogen and oxygen atoms in total. The van der Waals surface area contributed by atoms with Gasteiger partial charge in [-0.2, -0.15) is 0 Å². The van der Waals surface area contributed by atoms with Crippen LogP contribution in [-0.2, 0) is 6.54 Å². The zero-order chi connectivity index (χ0) is 11.0. The molecular formula is C13H19N3. The molecule has 1 N–H and O–H groups in total. The monoisotopic (exact) mass is 217 g/mol. The quantitative estimate of drug-likeness (QED) is 0.836. The fourth-order valence-corrected chi connectivity index (χ4v) is 3.10. The summed E-state index contributed by atoms with van der Waals surface area (Å²) < 4.78 is 0. The molecule has 0 radical (unpaired) electrons. The van der Waals surface area contributed by atoms with Gasteiger partial charge in [0.25, 0.3) is 0 Å². The average molecular weight is 217 g/mol. The lowest BCUT2D eigenvalue weighted by molar-refractivity contribution is 0.550. The van der Waals surface area contributed by atoms with Crippen molar-refractivity contribution in [2.75, 3.05) is 18.5 Å².